The zero-order valence-corrected chi connectivity index (χ0v) is 18.8. The first-order valence-corrected chi connectivity index (χ1v) is 11.3. The Kier molecular flexibility index (Phi) is 7.10. The molecule has 1 aliphatic rings. The molecule has 32 heavy (non-hydrogen) atoms. The molecule has 1 amide bonds. The summed E-state index contributed by atoms with van der Waals surface area (Å²) in [5, 5.41) is 3.13. The Labute approximate surface area is 189 Å². The third kappa shape index (κ3) is 5.49. The van der Waals surface area contributed by atoms with E-state index in [1.54, 1.807) is 7.11 Å². The van der Waals surface area contributed by atoms with Crippen LogP contribution >= 0.6 is 0 Å². The van der Waals surface area contributed by atoms with Gasteiger partial charge in [0.05, 0.1) is 19.2 Å². The van der Waals surface area contributed by atoms with Gasteiger partial charge in [-0.25, -0.2) is 9.97 Å². The normalized spacial score (nSPS) is 18.2. The molecule has 0 saturated heterocycles. The van der Waals surface area contributed by atoms with E-state index in [0.29, 0.717) is 18.3 Å². The minimum atomic E-state index is 0.0618. The fraction of sp³-hybridized carbons (Fsp3) is 0.385. The Balaban J connectivity index is 1.32. The van der Waals surface area contributed by atoms with Crippen LogP contribution in [0.2, 0.25) is 0 Å². The van der Waals surface area contributed by atoms with Crippen LogP contribution in [0.1, 0.15) is 48.7 Å². The number of aromatic nitrogens is 3. The summed E-state index contributed by atoms with van der Waals surface area (Å²) < 4.78 is 5.24. The quantitative estimate of drug-likeness (QED) is 0.598. The number of hydrogen-bond acceptors (Lipinski definition) is 5. The van der Waals surface area contributed by atoms with Crippen LogP contribution in [0.3, 0.4) is 0 Å². The number of aryl methyl sites for hydroxylation is 1. The Morgan fingerprint density at radius 2 is 1.91 bits per heavy atom. The molecule has 6 nitrogen and oxygen atoms in total. The Hall–Kier alpha value is -3.28. The van der Waals surface area contributed by atoms with Gasteiger partial charge in [0, 0.05) is 36.6 Å². The molecule has 4 rings (SSSR count). The third-order valence-electron chi connectivity index (χ3n) is 6.25. The summed E-state index contributed by atoms with van der Waals surface area (Å²) in [5.74, 6) is 2.58. The lowest BCUT2D eigenvalue weighted by Crippen LogP contribution is -2.32. The van der Waals surface area contributed by atoms with Gasteiger partial charge in [-0.2, -0.15) is 0 Å². The van der Waals surface area contributed by atoms with Crippen LogP contribution in [0.4, 0.5) is 0 Å². The summed E-state index contributed by atoms with van der Waals surface area (Å²) in [6.45, 7) is 2.68. The van der Waals surface area contributed by atoms with E-state index in [2.05, 4.69) is 15.3 Å². The average molecular weight is 431 g/mol. The number of methoxy groups -OCH3 is 1. The van der Waals surface area contributed by atoms with E-state index in [-0.39, 0.29) is 5.91 Å². The topological polar surface area (TPSA) is 77.0 Å². The van der Waals surface area contributed by atoms with E-state index >= 15 is 0 Å². The fourth-order valence-corrected chi connectivity index (χ4v) is 4.48. The molecule has 0 aliphatic heterocycles. The van der Waals surface area contributed by atoms with Crippen LogP contribution in [0.15, 0.2) is 55.0 Å². The number of hydrogen-bond donors (Lipinski definition) is 1. The van der Waals surface area contributed by atoms with Gasteiger partial charge in [0.2, 0.25) is 5.91 Å². The van der Waals surface area contributed by atoms with Crippen molar-refractivity contribution in [3.63, 3.8) is 0 Å². The maximum Gasteiger partial charge on any atom is 0.224 e. The van der Waals surface area contributed by atoms with Gasteiger partial charge in [0.1, 0.15) is 11.6 Å². The highest BCUT2D eigenvalue weighted by molar-refractivity contribution is 5.78. The molecule has 2 aromatic heterocycles. The van der Waals surface area contributed by atoms with Crippen LogP contribution in [0.25, 0.3) is 11.1 Å². The average Bonchev–Trinajstić information content (AvgIpc) is 2.84. The van der Waals surface area contributed by atoms with Crippen LogP contribution < -0.4 is 10.1 Å². The first-order valence-electron chi connectivity index (χ1n) is 11.3. The molecule has 3 aromatic rings. The SMILES string of the molecule is COc1cccc(CC(=O)NCC2CCC(c3nc(C)ncc3-c3ccncc3)CC2)c1. The molecule has 0 radical (unpaired) electrons. The monoisotopic (exact) mass is 430 g/mol. The summed E-state index contributed by atoms with van der Waals surface area (Å²) in [5.41, 5.74) is 4.33. The molecule has 0 bridgehead atoms. The molecule has 1 fully saturated rings. The van der Waals surface area contributed by atoms with Gasteiger partial charge in [-0.3, -0.25) is 9.78 Å². The molecule has 0 atom stereocenters. The van der Waals surface area contributed by atoms with Crippen LogP contribution in [-0.2, 0) is 11.2 Å². The maximum atomic E-state index is 12.4. The number of amides is 1. The van der Waals surface area contributed by atoms with Gasteiger partial charge in [0.25, 0.3) is 0 Å². The van der Waals surface area contributed by atoms with Gasteiger partial charge >= 0.3 is 0 Å². The molecule has 166 valence electrons. The van der Waals surface area contributed by atoms with Crippen molar-refractivity contribution in [1.29, 1.82) is 0 Å². The predicted octanol–water partition coefficient (Wildman–Crippen LogP) is 4.49. The fourth-order valence-electron chi connectivity index (χ4n) is 4.48. The second kappa shape index (κ2) is 10.4. The molecular formula is C26H30N4O2. The van der Waals surface area contributed by atoms with E-state index < -0.39 is 0 Å². The van der Waals surface area contributed by atoms with Gasteiger partial charge in [0.15, 0.2) is 0 Å². The van der Waals surface area contributed by atoms with Gasteiger partial charge in [-0.05, 0) is 73.9 Å². The summed E-state index contributed by atoms with van der Waals surface area (Å²) in [6.07, 6.45) is 10.3. The highest BCUT2D eigenvalue weighted by Gasteiger charge is 2.26. The third-order valence-corrected chi connectivity index (χ3v) is 6.25. The largest absolute Gasteiger partial charge is 0.497 e. The lowest BCUT2D eigenvalue weighted by molar-refractivity contribution is -0.120. The molecule has 1 N–H and O–H groups in total. The first-order chi connectivity index (χ1) is 15.6. The van der Waals surface area contributed by atoms with E-state index in [1.165, 1.54) is 0 Å². The summed E-state index contributed by atoms with van der Waals surface area (Å²) >= 11 is 0. The summed E-state index contributed by atoms with van der Waals surface area (Å²) in [4.78, 5) is 25.8. The van der Waals surface area contributed by atoms with Crippen molar-refractivity contribution in [3.8, 4) is 16.9 Å². The minimum absolute atomic E-state index is 0.0618. The van der Waals surface area contributed by atoms with E-state index in [0.717, 1.165) is 66.2 Å². The number of benzene rings is 1. The van der Waals surface area contributed by atoms with Gasteiger partial charge < -0.3 is 10.1 Å². The zero-order chi connectivity index (χ0) is 22.3. The van der Waals surface area contributed by atoms with Crippen molar-refractivity contribution in [2.45, 2.75) is 44.9 Å². The standard InChI is InChI=1S/C26H30N4O2/c1-18-28-17-24(21-10-12-27-13-11-21)26(30-18)22-8-6-19(7-9-22)16-29-25(31)15-20-4-3-5-23(14-20)32-2/h3-5,10-14,17,19,22H,6-9,15-16H2,1-2H3,(H,29,31). The van der Waals surface area contributed by atoms with Crippen molar-refractivity contribution in [2.24, 2.45) is 5.92 Å². The predicted molar refractivity (Wildman–Crippen MR) is 124 cm³/mol. The highest BCUT2D eigenvalue weighted by atomic mass is 16.5. The molecule has 0 spiro atoms. The molecule has 0 unspecified atom stereocenters. The van der Waals surface area contributed by atoms with Crippen molar-refractivity contribution < 1.29 is 9.53 Å². The number of ether oxygens (including phenoxy) is 1. The second-order valence-electron chi connectivity index (χ2n) is 8.50. The summed E-state index contributed by atoms with van der Waals surface area (Å²) in [6, 6.07) is 11.7. The maximum absolute atomic E-state index is 12.4. The summed E-state index contributed by atoms with van der Waals surface area (Å²) in [7, 11) is 1.64. The van der Waals surface area contributed by atoms with Gasteiger partial charge in [-0.1, -0.05) is 12.1 Å². The molecule has 1 aliphatic carbocycles. The lowest BCUT2D eigenvalue weighted by Gasteiger charge is -2.29. The number of pyridine rings is 1. The van der Waals surface area contributed by atoms with Crippen molar-refractivity contribution in [2.75, 3.05) is 13.7 Å². The smallest absolute Gasteiger partial charge is 0.224 e. The highest BCUT2D eigenvalue weighted by Crippen LogP contribution is 2.38. The van der Waals surface area contributed by atoms with Crippen molar-refractivity contribution >= 4 is 5.91 Å². The van der Waals surface area contributed by atoms with E-state index in [4.69, 9.17) is 9.72 Å². The zero-order valence-electron chi connectivity index (χ0n) is 18.8. The van der Waals surface area contributed by atoms with Crippen LogP contribution in [0, 0.1) is 12.8 Å². The lowest BCUT2D eigenvalue weighted by atomic mass is 9.79. The molecule has 1 saturated carbocycles. The minimum Gasteiger partial charge on any atom is -0.497 e. The first kappa shape index (κ1) is 21.9. The Morgan fingerprint density at radius 3 is 2.66 bits per heavy atom. The van der Waals surface area contributed by atoms with Crippen LogP contribution in [0.5, 0.6) is 5.75 Å². The Bertz CT molecular complexity index is 1050. The molecular weight excluding hydrogens is 400 g/mol. The van der Waals surface area contributed by atoms with E-state index in [9.17, 15) is 4.79 Å². The van der Waals surface area contributed by atoms with Crippen LogP contribution in [-0.4, -0.2) is 34.5 Å². The van der Waals surface area contributed by atoms with Crippen molar-refractivity contribution in [3.05, 3.63) is 72.1 Å². The number of carbonyl (C=O) groups excluding carboxylic acids is 1. The van der Waals surface area contributed by atoms with Gasteiger partial charge in [-0.15, -0.1) is 0 Å². The second-order valence-corrected chi connectivity index (χ2v) is 8.50. The molecule has 6 heteroatoms. The molecule has 1 aromatic carbocycles. The number of rotatable bonds is 7. The number of carbonyl (C=O) groups is 1. The van der Waals surface area contributed by atoms with E-state index in [1.807, 2.05) is 61.9 Å². The van der Waals surface area contributed by atoms with Crippen molar-refractivity contribution in [1.82, 2.24) is 20.3 Å². The Morgan fingerprint density at radius 1 is 1.12 bits per heavy atom. The number of nitrogens with one attached hydrogen (secondary N) is 1. The molecule has 2 heterocycles. The number of nitrogens with zero attached hydrogens (tertiary/aromatic N) is 3.